The Bertz CT molecular complexity index is 329. The van der Waals surface area contributed by atoms with Gasteiger partial charge in [0.1, 0.15) is 5.01 Å². The second kappa shape index (κ2) is 2.45. The van der Waals surface area contributed by atoms with Gasteiger partial charge in [-0.05, 0) is 22.4 Å². The summed E-state index contributed by atoms with van der Waals surface area (Å²) in [5, 5.41) is 9.03. The predicted molar refractivity (Wildman–Crippen MR) is 55.2 cm³/mol. The van der Waals surface area contributed by atoms with Crippen molar-refractivity contribution in [1.29, 1.82) is 0 Å². The number of hydrogen-bond acceptors (Lipinski definition) is 3. The van der Waals surface area contributed by atoms with E-state index >= 15 is 0 Å². The monoisotopic (exact) mass is 216 g/mol. The van der Waals surface area contributed by atoms with Gasteiger partial charge in [-0.3, -0.25) is 0 Å². The summed E-state index contributed by atoms with van der Waals surface area (Å²) in [6.07, 6.45) is 0. The molecule has 0 unspecified atom stereocenters. The molecule has 1 aromatic heterocycles. The number of aromatic nitrogens is 2. The van der Waals surface area contributed by atoms with Crippen molar-refractivity contribution in [3.8, 4) is 0 Å². The van der Waals surface area contributed by atoms with E-state index in [0.717, 1.165) is 5.01 Å². The van der Waals surface area contributed by atoms with Gasteiger partial charge in [-0.25, -0.2) is 0 Å². The minimum Gasteiger partial charge on any atom is -0.142 e. The number of rotatable bonds is 1. The first-order chi connectivity index (χ1) is 5.87. The van der Waals surface area contributed by atoms with Crippen LogP contribution in [0.5, 0.6) is 0 Å². The Morgan fingerprint density at radius 3 is 2.00 bits per heavy atom. The van der Waals surface area contributed by atoms with Crippen molar-refractivity contribution in [2.45, 2.75) is 33.6 Å². The van der Waals surface area contributed by atoms with Gasteiger partial charge < -0.3 is 0 Å². The van der Waals surface area contributed by atoms with Gasteiger partial charge in [0.15, 0.2) is 0 Å². The van der Waals surface area contributed by atoms with E-state index in [1.54, 1.807) is 0 Å². The van der Waals surface area contributed by atoms with Gasteiger partial charge in [0.05, 0.1) is 0 Å². The highest BCUT2D eigenvalue weighted by Crippen LogP contribution is 2.73. The normalized spacial score (nSPS) is 24.7. The molecule has 1 heterocycles. The maximum Gasteiger partial charge on any atom is 0.207 e. The summed E-state index contributed by atoms with van der Waals surface area (Å²) in [5.41, 5.74) is 0.658. The SMILES string of the molecule is CC1(C)C(c2nnc(Cl)s2)C1(C)C. The molecule has 0 aliphatic heterocycles. The van der Waals surface area contributed by atoms with Crippen molar-refractivity contribution >= 4 is 22.9 Å². The zero-order chi connectivity index (χ0) is 9.85. The molecule has 0 bridgehead atoms. The van der Waals surface area contributed by atoms with Crippen LogP contribution in [-0.4, -0.2) is 10.2 Å². The standard InChI is InChI=1S/C9H13ClN2S/c1-8(2)5(9(8,3)4)6-11-12-7(10)13-6/h5H,1-4H3. The molecule has 4 heteroatoms. The summed E-state index contributed by atoms with van der Waals surface area (Å²) < 4.78 is 0.550. The molecule has 1 saturated carbocycles. The third-order valence-corrected chi connectivity index (χ3v) is 4.77. The molecule has 0 N–H and O–H groups in total. The van der Waals surface area contributed by atoms with E-state index in [1.807, 2.05) is 0 Å². The van der Waals surface area contributed by atoms with Crippen LogP contribution in [0.1, 0.15) is 38.6 Å². The van der Waals surface area contributed by atoms with E-state index in [4.69, 9.17) is 11.6 Å². The Hall–Kier alpha value is -0.150. The van der Waals surface area contributed by atoms with Crippen molar-refractivity contribution in [2.75, 3.05) is 0 Å². The first kappa shape index (κ1) is 9.41. The third-order valence-electron chi connectivity index (χ3n) is 3.68. The highest BCUT2D eigenvalue weighted by Gasteiger charge is 2.66. The number of halogens is 1. The van der Waals surface area contributed by atoms with E-state index in [2.05, 4.69) is 37.9 Å². The Morgan fingerprint density at radius 1 is 1.15 bits per heavy atom. The third kappa shape index (κ3) is 1.13. The van der Waals surface area contributed by atoms with Gasteiger partial charge in [-0.15, -0.1) is 10.2 Å². The molecule has 0 radical (unpaired) electrons. The number of nitrogens with zero attached hydrogens (tertiary/aromatic N) is 2. The van der Waals surface area contributed by atoms with Crippen LogP contribution >= 0.6 is 22.9 Å². The molecular formula is C9H13ClN2S. The molecule has 0 spiro atoms. The van der Waals surface area contributed by atoms with E-state index in [-0.39, 0.29) is 0 Å². The van der Waals surface area contributed by atoms with Gasteiger partial charge in [0.25, 0.3) is 0 Å². The Kier molecular flexibility index (Phi) is 1.77. The molecule has 0 saturated heterocycles. The quantitative estimate of drug-likeness (QED) is 0.720. The summed E-state index contributed by atoms with van der Waals surface area (Å²) >= 11 is 7.27. The lowest BCUT2D eigenvalue weighted by atomic mass is 10.0. The van der Waals surface area contributed by atoms with Crippen molar-refractivity contribution in [1.82, 2.24) is 10.2 Å². The lowest BCUT2D eigenvalue weighted by Gasteiger charge is -2.03. The average molecular weight is 217 g/mol. The molecular weight excluding hydrogens is 204 g/mol. The van der Waals surface area contributed by atoms with Crippen LogP contribution in [-0.2, 0) is 0 Å². The zero-order valence-electron chi connectivity index (χ0n) is 8.26. The molecule has 1 aliphatic carbocycles. The van der Waals surface area contributed by atoms with Crippen LogP contribution in [0.3, 0.4) is 0 Å². The smallest absolute Gasteiger partial charge is 0.142 e. The highest BCUT2D eigenvalue weighted by molar-refractivity contribution is 7.15. The molecule has 2 nitrogen and oxygen atoms in total. The first-order valence-electron chi connectivity index (χ1n) is 4.36. The van der Waals surface area contributed by atoms with Crippen molar-refractivity contribution in [3.05, 3.63) is 9.47 Å². The zero-order valence-corrected chi connectivity index (χ0v) is 9.83. The lowest BCUT2D eigenvalue weighted by Crippen LogP contribution is -1.95. The van der Waals surface area contributed by atoms with Crippen LogP contribution in [0.15, 0.2) is 0 Å². The maximum absolute atomic E-state index is 5.76. The Morgan fingerprint density at radius 2 is 1.69 bits per heavy atom. The van der Waals surface area contributed by atoms with Gasteiger partial charge in [-0.2, -0.15) is 0 Å². The maximum atomic E-state index is 5.76. The Labute approximate surface area is 87.3 Å². The molecule has 1 fully saturated rings. The topological polar surface area (TPSA) is 25.8 Å². The van der Waals surface area contributed by atoms with Crippen LogP contribution in [0.4, 0.5) is 0 Å². The highest BCUT2D eigenvalue weighted by atomic mass is 35.5. The van der Waals surface area contributed by atoms with Crippen LogP contribution < -0.4 is 0 Å². The minimum absolute atomic E-state index is 0.329. The first-order valence-corrected chi connectivity index (χ1v) is 5.55. The minimum atomic E-state index is 0.329. The van der Waals surface area contributed by atoms with Gasteiger partial charge in [0, 0.05) is 5.92 Å². The van der Waals surface area contributed by atoms with Gasteiger partial charge in [0.2, 0.25) is 4.47 Å². The molecule has 0 atom stereocenters. The van der Waals surface area contributed by atoms with Crippen LogP contribution in [0.2, 0.25) is 4.47 Å². The van der Waals surface area contributed by atoms with Gasteiger partial charge in [-0.1, -0.05) is 39.0 Å². The molecule has 13 heavy (non-hydrogen) atoms. The fraction of sp³-hybridized carbons (Fsp3) is 0.778. The van der Waals surface area contributed by atoms with Gasteiger partial charge >= 0.3 is 0 Å². The van der Waals surface area contributed by atoms with Crippen molar-refractivity contribution in [2.24, 2.45) is 10.8 Å². The van der Waals surface area contributed by atoms with Crippen LogP contribution in [0, 0.1) is 10.8 Å². The molecule has 0 amide bonds. The fourth-order valence-electron chi connectivity index (χ4n) is 2.15. The summed E-state index contributed by atoms with van der Waals surface area (Å²) in [4.78, 5) is 0. The summed E-state index contributed by atoms with van der Waals surface area (Å²) in [6, 6.07) is 0. The molecule has 1 aromatic rings. The van der Waals surface area contributed by atoms with E-state index in [0.29, 0.717) is 21.2 Å². The average Bonchev–Trinajstić information content (AvgIpc) is 2.32. The lowest BCUT2D eigenvalue weighted by molar-refractivity contribution is 0.457. The number of hydrogen-bond donors (Lipinski definition) is 0. The van der Waals surface area contributed by atoms with Crippen LogP contribution in [0.25, 0.3) is 0 Å². The summed E-state index contributed by atoms with van der Waals surface area (Å²) in [5.74, 6) is 0.519. The molecule has 2 rings (SSSR count). The summed E-state index contributed by atoms with van der Waals surface area (Å²) in [6.45, 7) is 9.08. The van der Waals surface area contributed by atoms with E-state index < -0.39 is 0 Å². The van der Waals surface area contributed by atoms with Crippen molar-refractivity contribution < 1.29 is 0 Å². The van der Waals surface area contributed by atoms with E-state index in [1.165, 1.54) is 11.3 Å². The molecule has 0 aromatic carbocycles. The fourth-order valence-corrected chi connectivity index (χ4v) is 3.46. The van der Waals surface area contributed by atoms with Crippen molar-refractivity contribution in [3.63, 3.8) is 0 Å². The van der Waals surface area contributed by atoms with E-state index in [9.17, 15) is 0 Å². The molecule has 72 valence electrons. The largest absolute Gasteiger partial charge is 0.207 e. The predicted octanol–water partition coefficient (Wildman–Crippen LogP) is 3.34. The molecule has 1 aliphatic rings. The summed E-state index contributed by atoms with van der Waals surface area (Å²) in [7, 11) is 0. The second-order valence-corrected chi connectivity index (χ2v) is 6.36. The Balaban J connectivity index is 2.32. The second-order valence-electron chi connectivity index (χ2n) is 4.77.